The van der Waals surface area contributed by atoms with Gasteiger partial charge in [-0.1, -0.05) is 19.9 Å². The largest absolute Gasteiger partial charge is 0.313 e. The van der Waals surface area contributed by atoms with Gasteiger partial charge in [-0.05, 0) is 38.2 Å². The molecule has 0 aliphatic rings. The van der Waals surface area contributed by atoms with Crippen molar-refractivity contribution in [1.82, 2.24) is 19.9 Å². The van der Waals surface area contributed by atoms with Gasteiger partial charge >= 0.3 is 0 Å². The lowest BCUT2D eigenvalue weighted by molar-refractivity contribution is 0.358. The molecule has 7 heteroatoms. The Morgan fingerprint density at radius 1 is 1.24 bits per heavy atom. The second kappa shape index (κ2) is 9.09. The molecule has 0 bridgehead atoms. The standard InChI is InChI=1S/C14H26N4O2S/c1-4-8-15-11-13-6-7-14(16-12-13)21(19,20)17-9-10-18(3)5-2/h6-7,12,15,17H,4-5,8-11H2,1-3H3. The van der Waals surface area contributed by atoms with Crippen molar-refractivity contribution in [3.63, 3.8) is 0 Å². The van der Waals surface area contributed by atoms with Crippen molar-refractivity contribution in [3.8, 4) is 0 Å². The zero-order valence-corrected chi connectivity index (χ0v) is 13.9. The number of aromatic nitrogens is 1. The topological polar surface area (TPSA) is 74.3 Å². The molecule has 0 unspecified atom stereocenters. The van der Waals surface area contributed by atoms with Crippen LogP contribution in [-0.4, -0.2) is 51.5 Å². The highest BCUT2D eigenvalue weighted by Gasteiger charge is 2.14. The van der Waals surface area contributed by atoms with Crippen LogP contribution in [0.25, 0.3) is 0 Å². The second-order valence-electron chi connectivity index (χ2n) is 4.98. The van der Waals surface area contributed by atoms with Crippen LogP contribution in [-0.2, 0) is 16.6 Å². The molecule has 0 aromatic carbocycles. The first-order valence-electron chi connectivity index (χ1n) is 7.33. The van der Waals surface area contributed by atoms with Crippen molar-refractivity contribution in [2.24, 2.45) is 0 Å². The molecule has 0 aliphatic carbocycles. The lowest BCUT2D eigenvalue weighted by Crippen LogP contribution is -2.33. The van der Waals surface area contributed by atoms with Crippen LogP contribution in [0.1, 0.15) is 25.8 Å². The van der Waals surface area contributed by atoms with Gasteiger partial charge in [0.15, 0.2) is 5.03 Å². The molecule has 0 atom stereocenters. The van der Waals surface area contributed by atoms with Gasteiger partial charge in [-0.25, -0.2) is 18.1 Å². The molecule has 0 saturated heterocycles. The molecule has 21 heavy (non-hydrogen) atoms. The number of nitrogens with one attached hydrogen (secondary N) is 2. The first kappa shape index (κ1) is 18.0. The average molecular weight is 314 g/mol. The third-order valence-corrected chi connectivity index (χ3v) is 4.53. The maximum atomic E-state index is 12.1. The highest BCUT2D eigenvalue weighted by molar-refractivity contribution is 7.89. The van der Waals surface area contributed by atoms with E-state index in [2.05, 4.69) is 21.9 Å². The van der Waals surface area contributed by atoms with Crippen LogP contribution in [0.4, 0.5) is 0 Å². The van der Waals surface area contributed by atoms with Crippen molar-refractivity contribution in [2.75, 3.05) is 33.2 Å². The van der Waals surface area contributed by atoms with E-state index in [0.29, 0.717) is 19.6 Å². The maximum absolute atomic E-state index is 12.1. The zero-order chi connectivity index (χ0) is 15.7. The van der Waals surface area contributed by atoms with Gasteiger partial charge in [0.25, 0.3) is 10.0 Å². The molecule has 2 N–H and O–H groups in total. The van der Waals surface area contributed by atoms with Gasteiger partial charge in [0, 0.05) is 25.8 Å². The molecule has 0 fully saturated rings. The molecule has 0 radical (unpaired) electrons. The molecule has 1 aromatic rings. The summed E-state index contributed by atoms with van der Waals surface area (Å²) in [6, 6.07) is 3.34. The first-order chi connectivity index (χ1) is 9.99. The molecular weight excluding hydrogens is 288 g/mol. The molecular formula is C14H26N4O2S. The summed E-state index contributed by atoms with van der Waals surface area (Å²) in [4.78, 5) is 6.08. The minimum absolute atomic E-state index is 0.0703. The molecule has 0 saturated carbocycles. The summed E-state index contributed by atoms with van der Waals surface area (Å²) in [6.07, 6.45) is 2.67. The number of rotatable bonds is 10. The van der Waals surface area contributed by atoms with E-state index in [1.165, 1.54) is 0 Å². The zero-order valence-electron chi connectivity index (χ0n) is 13.1. The van der Waals surface area contributed by atoms with Crippen LogP contribution in [0.3, 0.4) is 0 Å². The van der Waals surface area contributed by atoms with E-state index in [1.807, 2.05) is 18.9 Å². The number of sulfonamides is 1. The molecule has 0 aliphatic heterocycles. The van der Waals surface area contributed by atoms with E-state index in [-0.39, 0.29) is 5.03 Å². The van der Waals surface area contributed by atoms with Crippen LogP contribution >= 0.6 is 0 Å². The first-order valence-corrected chi connectivity index (χ1v) is 8.81. The Balaban J connectivity index is 2.54. The summed E-state index contributed by atoms with van der Waals surface area (Å²) in [7, 11) is -1.57. The average Bonchev–Trinajstić information content (AvgIpc) is 2.47. The summed E-state index contributed by atoms with van der Waals surface area (Å²) in [5, 5.41) is 3.32. The number of hydrogen-bond donors (Lipinski definition) is 2. The van der Waals surface area contributed by atoms with E-state index >= 15 is 0 Å². The van der Waals surface area contributed by atoms with E-state index in [9.17, 15) is 8.42 Å². The third-order valence-electron chi connectivity index (χ3n) is 3.15. The molecule has 6 nitrogen and oxygen atoms in total. The molecule has 120 valence electrons. The van der Waals surface area contributed by atoms with Gasteiger partial charge in [0.2, 0.25) is 0 Å². The van der Waals surface area contributed by atoms with Gasteiger partial charge in [-0.15, -0.1) is 0 Å². The lowest BCUT2D eigenvalue weighted by Gasteiger charge is -2.14. The van der Waals surface area contributed by atoms with Crippen molar-refractivity contribution >= 4 is 10.0 Å². The number of nitrogens with zero attached hydrogens (tertiary/aromatic N) is 2. The van der Waals surface area contributed by atoms with Crippen molar-refractivity contribution < 1.29 is 8.42 Å². The minimum Gasteiger partial charge on any atom is -0.313 e. The second-order valence-corrected chi connectivity index (χ2v) is 6.69. The Hall–Kier alpha value is -1.02. The van der Waals surface area contributed by atoms with Gasteiger partial charge in [0.1, 0.15) is 0 Å². The van der Waals surface area contributed by atoms with Crippen LogP contribution < -0.4 is 10.0 Å². The monoisotopic (exact) mass is 314 g/mol. The smallest absolute Gasteiger partial charge is 0.258 e. The number of pyridine rings is 1. The molecule has 1 aromatic heterocycles. The van der Waals surface area contributed by atoms with Crippen molar-refractivity contribution in [3.05, 3.63) is 23.9 Å². The summed E-state index contributed by atoms with van der Waals surface area (Å²) >= 11 is 0. The fourth-order valence-electron chi connectivity index (χ4n) is 1.69. The Labute approximate surface area is 128 Å². The van der Waals surface area contributed by atoms with Crippen molar-refractivity contribution in [1.29, 1.82) is 0 Å². The summed E-state index contributed by atoms with van der Waals surface area (Å²) in [5.74, 6) is 0. The summed E-state index contributed by atoms with van der Waals surface area (Å²) in [5.41, 5.74) is 0.980. The normalized spacial score (nSPS) is 12.0. The molecule has 1 heterocycles. The van der Waals surface area contributed by atoms with E-state index in [4.69, 9.17) is 0 Å². The number of hydrogen-bond acceptors (Lipinski definition) is 5. The van der Waals surface area contributed by atoms with E-state index in [1.54, 1.807) is 18.3 Å². The molecule has 0 spiro atoms. The third kappa shape index (κ3) is 6.52. The maximum Gasteiger partial charge on any atom is 0.258 e. The van der Waals surface area contributed by atoms with E-state index < -0.39 is 10.0 Å². The Morgan fingerprint density at radius 3 is 2.57 bits per heavy atom. The highest BCUT2D eigenvalue weighted by Crippen LogP contribution is 2.06. The van der Waals surface area contributed by atoms with Crippen LogP contribution in [0.2, 0.25) is 0 Å². The summed E-state index contributed by atoms with van der Waals surface area (Å²) in [6.45, 7) is 7.72. The van der Waals surface area contributed by atoms with Gasteiger partial charge < -0.3 is 10.2 Å². The van der Waals surface area contributed by atoms with Crippen molar-refractivity contribution in [2.45, 2.75) is 31.8 Å². The highest BCUT2D eigenvalue weighted by atomic mass is 32.2. The fourth-order valence-corrected chi connectivity index (χ4v) is 2.63. The van der Waals surface area contributed by atoms with Crippen LogP contribution in [0.15, 0.2) is 23.4 Å². The fraction of sp³-hybridized carbons (Fsp3) is 0.643. The number of likely N-dealkylation sites (N-methyl/N-ethyl adjacent to an activating group) is 1. The van der Waals surface area contributed by atoms with Gasteiger partial charge in [-0.2, -0.15) is 0 Å². The predicted molar refractivity (Wildman–Crippen MR) is 84.6 cm³/mol. The van der Waals surface area contributed by atoms with Crippen LogP contribution in [0, 0.1) is 0 Å². The van der Waals surface area contributed by atoms with Crippen LogP contribution in [0.5, 0.6) is 0 Å². The van der Waals surface area contributed by atoms with Gasteiger partial charge in [0.05, 0.1) is 0 Å². The SMILES string of the molecule is CCCNCc1ccc(S(=O)(=O)NCCN(C)CC)nc1. The Morgan fingerprint density at radius 2 is 2.00 bits per heavy atom. The Kier molecular flexibility index (Phi) is 7.81. The Bertz CT molecular complexity index is 502. The van der Waals surface area contributed by atoms with Gasteiger partial charge in [-0.3, -0.25) is 0 Å². The molecule has 0 amide bonds. The van der Waals surface area contributed by atoms with E-state index in [0.717, 1.165) is 25.1 Å². The quantitative estimate of drug-likeness (QED) is 0.625. The molecule has 1 rings (SSSR count). The minimum atomic E-state index is -3.51. The lowest BCUT2D eigenvalue weighted by atomic mass is 10.3. The predicted octanol–water partition coefficient (Wildman–Crippen LogP) is 0.811. The summed E-state index contributed by atoms with van der Waals surface area (Å²) < 4.78 is 26.7.